The second kappa shape index (κ2) is 5.89. The summed E-state index contributed by atoms with van der Waals surface area (Å²) in [5.41, 5.74) is 0.193. The van der Waals surface area contributed by atoms with Gasteiger partial charge in [-0.3, -0.25) is 0 Å². The first-order valence-electron chi connectivity index (χ1n) is 5.16. The molecule has 0 aromatic heterocycles. The van der Waals surface area contributed by atoms with Gasteiger partial charge in [-0.05, 0) is 30.5 Å². The number of benzene rings is 1. The predicted octanol–water partition coefficient (Wildman–Crippen LogP) is 3.57. The molecule has 4 heteroatoms. The van der Waals surface area contributed by atoms with Crippen molar-refractivity contribution in [1.82, 2.24) is 0 Å². The molecule has 1 aromatic rings. The van der Waals surface area contributed by atoms with Crippen molar-refractivity contribution in [2.24, 2.45) is 5.92 Å². The fraction of sp³-hybridized carbons (Fsp3) is 0.417. The lowest BCUT2D eigenvalue weighted by atomic mass is 10.1. The lowest BCUT2D eigenvalue weighted by Gasteiger charge is -2.10. The molecule has 0 atom stereocenters. The van der Waals surface area contributed by atoms with E-state index in [1.807, 2.05) is 0 Å². The average molecular weight is 287 g/mol. The Labute approximate surface area is 104 Å². The monoisotopic (exact) mass is 286 g/mol. The van der Waals surface area contributed by atoms with E-state index in [-0.39, 0.29) is 5.56 Å². The highest BCUT2D eigenvalue weighted by Gasteiger charge is 2.11. The zero-order valence-corrected chi connectivity index (χ0v) is 11.0. The molecule has 0 aliphatic heterocycles. The largest absolute Gasteiger partial charge is 0.493 e. The van der Waals surface area contributed by atoms with Crippen molar-refractivity contribution in [1.29, 1.82) is 0 Å². The highest BCUT2D eigenvalue weighted by molar-refractivity contribution is 9.10. The summed E-state index contributed by atoms with van der Waals surface area (Å²) in [4.78, 5) is 11.0. The van der Waals surface area contributed by atoms with Gasteiger partial charge in [0.05, 0.1) is 6.61 Å². The molecule has 1 rings (SSSR count). The zero-order valence-electron chi connectivity index (χ0n) is 9.37. The number of hydrogen-bond acceptors (Lipinski definition) is 2. The van der Waals surface area contributed by atoms with Gasteiger partial charge in [-0.15, -0.1) is 0 Å². The molecule has 0 spiro atoms. The lowest BCUT2D eigenvalue weighted by molar-refractivity contribution is 0.0692. The van der Waals surface area contributed by atoms with Gasteiger partial charge in [0.1, 0.15) is 11.3 Å². The van der Waals surface area contributed by atoms with Crippen LogP contribution in [-0.4, -0.2) is 17.7 Å². The van der Waals surface area contributed by atoms with E-state index < -0.39 is 5.97 Å². The summed E-state index contributed by atoms with van der Waals surface area (Å²) in [6.45, 7) is 4.74. The van der Waals surface area contributed by atoms with Gasteiger partial charge in [0, 0.05) is 4.47 Å². The summed E-state index contributed by atoms with van der Waals surface area (Å²) in [5.74, 6) is 0.000855. The van der Waals surface area contributed by atoms with Crippen LogP contribution in [0.25, 0.3) is 0 Å². The second-order valence-corrected chi connectivity index (χ2v) is 4.89. The SMILES string of the molecule is CC(C)CCOc1ccc(Br)cc1C(=O)O. The minimum atomic E-state index is -0.971. The summed E-state index contributed by atoms with van der Waals surface area (Å²) in [6, 6.07) is 5.00. The number of ether oxygens (including phenoxy) is 1. The molecule has 0 aliphatic carbocycles. The molecule has 0 saturated carbocycles. The summed E-state index contributed by atoms with van der Waals surface area (Å²) >= 11 is 3.24. The third-order valence-electron chi connectivity index (χ3n) is 2.12. The van der Waals surface area contributed by atoms with Crippen LogP contribution in [0.2, 0.25) is 0 Å². The highest BCUT2D eigenvalue weighted by Crippen LogP contribution is 2.23. The van der Waals surface area contributed by atoms with E-state index in [0.29, 0.717) is 18.3 Å². The fourth-order valence-corrected chi connectivity index (χ4v) is 1.56. The standard InChI is InChI=1S/C12H15BrO3/c1-8(2)5-6-16-11-4-3-9(13)7-10(11)12(14)15/h3-4,7-8H,5-6H2,1-2H3,(H,14,15). The molecule has 0 radical (unpaired) electrons. The Kier molecular flexibility index (Phi) is 4.80. The third kappa shape index (κ3) is 3.85. The van der Waals surface area contributed by atoms with Crippen LogP contribution in [0.3, 0.4) is 0 Å². The first kappa shape index (κ1) is 13.0. The average Bonchev–Trinajstić information content (AvgIpc) is 2.19. The Bertz CT molecular complexity index is 375. The Hall–Kier alpha value is -1.03. The summed E-state index contributed by atoms with van der Waals surface area (Å²) < 4.78 is 6.20. The molecule has 0 heterocycles. The third-order valence-corrected chi connectivity index (χ3v) is 2.62. The number of carbonyl (C=O) groups is 1. The van der Waals surface area contributed by atoms with Crippen LogP contribution in [0.1, 0.15) is 30.6 Å². The first-order valence-corrected chi connectivity index (χ1v) is 5.95. The van der Waals surface area contributed by atoms with E-state index in [1.54, 1.807) is 18.2 Å². The van der Waals surface area contributed by atoms with Gasteiger partial charge >= 0.3 is 5.97 Å². The van der Waals surface area contributed by atoms with Gasteiger partial charge in [0.2, 0.25) is 0 Å². The van der Waals surface area contributed by atoms with Crippen LogP contribution in [0.5, 0.6) is 5.75 Å². The number of aromatic carboxylic acids is 1. The highest BCUT2D eigenvalue weighted by atomic mass is 79.9. The Morgan fingerprint density at radius 2 is 2.19 bits per heavy atom. The molecular formula is C12H15BrO3. The molecule has 0 amide bonds. The van der Waals surface area contributed by atoms with E-state index in [4.69, 9.17) is 9.84 Å². The van der Waals surface area contributed by atoms with Crippen molar-refractivity contribution in [2.45, 2.75) is 20.3 Å². The van der Waals surface area contributed by atoms with E-state index in [1.165, 1.54) is 0 Å². The molecule has 0 unspecified atom stereocenters. The van der Waals surface area contributed by atoms with E-state index in [9.17, 15) is 4.79 Å². The van der Waals surface area contributed by atoms with E-state index in [2.05, 4.69) is 29.8 Å². The molecule has 88 valence electrons. The van der Waals surface area contributed by atoms with Gasteiger partial charge in [-0.25, -0.2) is 4.79 Å². The van der Waals surface area contributed by atoms with Gasteiger partial charge in [0.25, 0.3) is 0 Å². The molecule has 16 heavy (non-hydrogen) atoms. The minimum Gasteiger partial charge on any atom is -0.493 e. The first-order chi connectivity index (χ1) is 7.50. The van der Waals surface area contributed by atoms with Gasteiger partial charge in [0.15, 0.2) is 0 Å². The normalized spacial score (nSPS) is 10.5. The maximum Gasteiger partial charge on any atom is 0.339 e. The van der Waals surface area contributed by atoms with Gasteiger partial charge in [-0.2, -0.15) is 0 Å². The van der Waals surface area contributed by atoms with Crippen molar-refractivity contribution >= 4 is 21.9 Å². The Morgan fingerprint density at radius 1 is 1.50 bits per heavy atom. The molecule has 3 nitrogen and oxygen atoms in total. The van der Waals surface area contributed by atoms with Crippen molar-refractivity contribution in [3.8, 4) is 5.75 Å². The van der Waals surface area contributed by atoms with Crippen molar-refractivity contribution in [3.05, 3.63) is 28.2 Å². The molecule has 0 fully saturated rings. The maximum atomic E-state index is 11.0. The molecule has 1 aromatic carbocycles. The quantitative estimate of drug-likeness (QED) is 0.900. The number of carboxylic acid groups (broad SMARTS) is 1. The van der Waals surface area contributed by atoms with Crippen LogP contribution < -0.4 is 4.74 Å². The fourth-order valence-electron chi connectivity index (χ4n) is 1.20. The molecule has 0 saturated heterocycles. The topological polar surface area (TPSA) is 46.5 Å². The Balaban J connectivity index is 2.75. The van der Waals surface area contributed by atoms with Crippen LogP contribution in [-0.2, 0) is 0 Å². The van der Waals surface area contributed by atoms with Gasteiger partial charge < -0.3 is 9.84 Å². The molecule has 1 N–H and O–H groups in total. The van der Waals surface area contributed by atoms with Crippen LogP contribution in [0.15, 0.2) is 22.7 Å². The van der Waals surface area contributed by atoms with Gasteiger partial charge in [-0.1, -0.05) is 29.8 Å². The summed E-state index contributed by atoms with van der Waals surface area (Å²) in [5, 5.41) is 9.00. The zero-order chi connectivity index (χ0) is 12.1. The summed E-state index contributed by atoms with van der Waals surface area (Å²) in [6.07, 6.45) is 0.912. The Morgan fingerprint density at radius 3 is 2.75 bits per heavy atom. The number of halogens is 1. The van der Waals surface area contributed by atoms with E-state index >= 15 is 0 Å². The second-order valence-electron chi connectivity index (χ2n) is 3.98. The number of hydrogen-bond donors (Lipinski definition) is 1. The number of carboxylic acids is 1. The van der Waals surface area contributed by atoms with Crippen LogP contribution in [0.4, 0.5) is 0 Å². The predicted molar refractivity (Wildman–Crippen MR) is 66.1 cm³/mol. The number of rotatable bonds is 5. The minimum absolute atomic E-state index is 0.193. The van der Waals surface area contributed by atoms with Crippen molar-refractivity contribution in [3.63, 3.8) is 0 Å². The van der Waals surface area contributed by atoms with E-state index in [0.717, 1.165) is 10.9 Å². The molecule has 0 bridgehead atoms. The lowest BCUT2D eigenvalue weighted by Crippen LogP contribution is -2.06. The van der Waals surface area contributed by atoms with Crippen LogP contribution >= 0.6 is 15.9 Å². The molecular weight excluding hydrogens is 272 g/mol. The summed E-state index contributed by atoms with van der Waals surface area (Å²) in [7, 11) is 0. The maximum absolute atomic E-state index is 11.0. The van der Waals surface area contributed by atoms with Crippen LogP contribution in [0, 0.1) is 5.92 Å². The van der Waals surface area contributed by atoms with Crippen molar-refractivity contribution < 1.29 is 14.6 Å². The van der Waals surface area contributed by atoms with Crippen molar-refractivity contribution in [2.75, 3.05) is 6.61 Å². The molecule has 0 aliphatic rings. The smallest absolute Gasteiger partial charge is 0.339 e.